The van der Waals surface area contributed by atoms with Crippen molar-refractivity contribution in [1.29, 1.82) is 0 Å². The van der Waals surface area contributed by atoms with Crippen molar-refractivity contribution >= 4 is 0 Å². The van der Waals surface area contributed by atoms with Crippen LogP contribution in [0.25, 0.3) is 0 Å². The minimum absolute atomic E-state index is 0.366. The van der Waals surface area contributed by atoms with Crippen molar-refractivity contribution in [2.75, 3.05) is 27.2 Å². The molecule has 2 heteroatoms. The largest absolute Gasteiger partial charge is 0.376 e. The molecule has 0 amide bonds. The van der Waals surface area contributed by atoms with E-state index >= 15 is 0 Å². The first-order valence-electron chi connectivity index (χ1n) is 7.12. The number of likely N-dealkylation sites (N-methyl/N-ethyl adjacent to an activating group) is 2. The zero-order valence-corrected chi connectivity index (χ0v) is 13.1. The first-order chi connectivity index (χ1) is 8.97. The number of rotatable bonds is 7. The molecule has 1 aromatic carbocycles. The minimum atomic E-state index is 0.366. The highest BCUT2D eigenvalue weighted by atomic mass is 15.2. The Hall–Kier alpha value is -1.28. The van der Waals surface area contributed by atoms with Gasteiger partial charge in [0.15, 0.2) is 0 Å². The highest BCUT2D eigenvalue weighted by Gasteiger charge is 2.16. The van der Waals surface area contributed by atoms with Crippen LogP contribution in [0.4, 0.5) is 0 Å². The van der Waals surface area contributed by atoms with E-state index in [0.29, 0.717) is 12.0 Å². The average molecular weight is 260 g/mol. The normalized spacial score (nSPS) is 14.2. The topological polar surface area (TPSA) is 6.48 Å². The van der Waals surface area contributed by atoms with Crippen LogP contribution in [0.3, 0.4) is 0 Å². The Morgan fingerprint density at radius 3 is 2.26 bits per heavy atom. The quantitative estimate of drug-likeness (QED) is 0.739. The van der Waals surface area contributed by atoms with Gasteiger partial charge in [0.05, 0.1) is 0 Å². The van der Waals surface area contributed by atoms with Crippen LogP contribution in [0.5, 0.6) is 0 Å². The van der Waals surface area contributed by atoms with Gasteiger partial charge in [-0.1, -0.05) is 50.8 Å². The van der Waals surface area contributed by atoms with Gasteiger partial charge < -0.3 is 9.80 Å². The molecule has 0 radical (unpaired) electrons. The van der Waals surface area contributed by atoms with Gasteiger partial charge in [-0.25, -0.2) is 0 Å². The molecule has 0 heterocycles. The molecule has 0 spiro atoms. The van der Waals surface area contributed by atoms with Gasteiger partial charge in [0, 0.05) is 31.2 Å². The van der Waals surface area contributed by atoms with Crippen molar-refractivity contribution in [1.82, 2.24) is 9.80 Å². The van der Waals surface area contributed by atoms with E-state index in [1.165, 1.54) is 11.3 Å². The standard InChI is InChI=1S/C17H28N2/c1-7-18(5)14(2)13-19(6)16(4)15(3)17-11-9-8-10-12-17/h8-12,14-15H,4,7,13H2,1-3,5-6H3. The lowest BCUT2D eigenvalue weighted by molar-refractivity contribution is 0.217. The molecule has 0 N–H and O–H groups in total. The number of hydrogen-bond donors (Lipinski definition) is 0. The van der Waals surface area contributed by atoms with Gasteiger partial charge in [-0.15, -0.1) is 0 Å². The van der Waals surface area contributed by atoms with E-state index in [-0.39, 0.29) is 0 Å². The Bertz CT molecular complexity index is 386. The van der Waals surface area contributed by atoms with Crippen molar-refractivity contribution in [3.8, 4) is 0 Å². The predicted octanol–water partition coefficient (Wildman–Crippen LogP) is 3.58. The van der Waals surface area contributed by atoms with Crippen molar-refractivity contribution in [2.24, 2.45) is 0 Å². The van der Waals surface area contributed by atoms with Gasteiger partial charge in [0.25, 0.3) is 0 Å². The monoisotopic (exact) mass is 260 g/mol. The van der Waals surface area contributed by atoms with Crippen molar-refractivity contribution in [3.05, 3.63) is 48.2 Å². The van der Waals surface area contributed by atoms with Crippen molar-refractivity contribution in [3.63, 3.8) is 0 Å². The maximum atomic E-state index is 4.28. The molecule has 0 aliphatic heterocycles. The van der Waals surface area contributed by atoms with Crippen LogP contribution in [-0.2, 0) is 0 Å². The van der Waals surface area contributed by atoms with Crippen molar-refractivity contribution in [2.45, 2.75) is 32.7 Å². The Morgan fingerprint density at radius 2 is 1.74 bits per heavy atom. The van der Waals surface area contributed by atoms with Crippen LogP contribution in [-0.4, -0.2) is 43.0 Å². The van der Waals surface area contributed by atoms with Crippen LogP contribution in [0, 0.1) is 0 Å². The lowest BCUT2D eigenvalue weighted by Crippen LogP contribution is -2.38. The molecule has 2 nitrogen and oxygen atoms in total. The molecule has 2 unspecified atom stereocenters. The summed E-state index contributed by atoms with van der Waals surface area (Å²) in [6, 6.07) is 11.1. The maximum Gasteiger partial charge on any atom is 0.0325 e. The summed E-state index contributed by atoms with van der Waals surface area (Å²) >= 11 is 0. The molecule has 1 aromatic rings. The van der Waals surface area contributed by atoms with E-state index in [9.17, 15) is 0 Å². The molecule has 0 saturated carbocycles. The van der Waals surface area contributed by atoms with E-state index in [0.717, 1.165) is 13.1 Å². The van der Waals surface area contributed by atoms with Crippen LogP contribution < -0.4 is 0 Å². The summed E-state index contributed by atoms with van der Waals surface area (Å²) in [7, 11) is 4.31. The molecule has 2 atom stereocenters. The van der Waals surface area contributed by atoms with Gasteiger partial charge in [0.1, 0.15) is 0 Å². The van der Waals surface area contributed by atoms with Crippen molar-refractivity contribution < 1.29 is 0 Å². The van der Waals surface area contributed by atoms with Crippen LogP contribution >= 0.6 is 0 Å². The molecule has 1 rings (SSSR count). The highest BCUT2D eigenvalue weighted by Crippen LogP contribution is 2.24. The van der Waals surface area contributed by atoms with Gasteiger partial charge in [-0.05, 0) is 26.1 Å². The number of allylic oxidation sites excluding steroid dienone is 1. The van der Waals surface area contributed by atoms with E-state index in [2.05, 4.69) is 81.6 Å². The first kappa shape index (κ1) is 15.8. The number of benzene rings is 1. The molecule has 19 heavy (non-hydrogen) atoms. The fraction of sp³-hybridized carbons (Fsp3) is 0.529. The molecular formula is C17H28N2. The summed E-state index contributed by atoms with van der Waals surface area (Å²) < 4.78 is 0. The number of nitrogens with zero attached hydrogens (tertiary/aromatic N) is 2. The summed E-state index contributed by atoms with van der Waals surface area (Å²) in [6.07, 6.45) is 0. The SMILES string of the molecule is C=C(C(C)c1ccccc1)N(C)CC(C)N(C)CC. The third kappa shape index (κ3) is 4.39. The number of hydrogen-bond acceptors (Lipinski definition) is 2. The first-order valence-corrected chi connectivity index (χ1v) is 7.12. The van der Waals surface area contributed by atoms with Gasteiger partial charge in [-0.3, -0.25) is 0 Å². The Balaban J connectivity index is 2.62. The molecular weight excluding hydrogens is 232 g/mol. The maximum absolute atomic E-state index is 4.28. The summed E-state index contributed by atoms with van der Waals surface area (Å²) in [6.45, 7) is 13.1. The van der Waals surface area contributed by atoms with Gasteiger partial charge >= 0.3 is 0 Å². The Kier molecular flexibility index (Phi) is 6.10. The predicted molar refractivity (Wildman–Crippen MR) is 84.4 cm³/mol. The Labute approximate surface area is 118 Å². The second-order valence-electron chi connectivity index (χ2n) is 5.43. The molecule has 0 fully saturated rings. The van der Waals surface area contributed by atoms with Gasteiger partial charge in [0.2, 0.25) is 0 Å². The average Bonchev–Trinajstić information content (AvgIpc) is 2.45. The summed E-state index contributed by atoms with van der Waals surface area (Å²) in [5.41, 5.74) is 2.51. The molecule has 106 valence electrons. The van der Waals surface area contributed by atoms with E-state index in [1.54, 1.807) is 0 Å². The van der Waals surface area contributed by atoms with Gasteiger partial charge in [-0.2, -0.15) is 0 Å². The summed E-state index contributed by atoms with van der Waals surface area (Å²) in [4.78, 5) is 4.64. The minimum Gasteiger partial charge on any atom is -0.376 e. The zero-order valence-electron chi connectivity index (χ0n) is 13.1. The van der Waals surface area contributed by atoms with E-state index in [4.69, 9.17) is 0 Å². The second-order valence-corrected chi connectivity index (χ2v) is 5.43. The third-order valence-electron chi connectivity index (χ3n) is 4.08. The van der Waals surface area contributed by atoms with E-state index < -0.39 is 0 Å². The molecule has 0 aliphatic rings. The smallest absolute Gasteiger partial charge is 0.0325 e. The van der Waals surface area contributed by atoms with E-state index in [1.807, 2.05) is 0 Å². The third-order valence-corrected chi connectivity index (χ3v) is 4.08. The lowest BCUT2D eigenvalue weighted by atomic mass is 9.97. The fourth-order valence-corrected chi connectivity index (χ4v) is 2.23. The highest BCUT2D eigenvalue weighted by molar-refractivity contribution is 5.26. The molecule has 0 bridgehead atoms. The summed E-state index contributed by atoms with van der Waals surface area (Å²) in [5.74, 6) is 0.366. The lowest BCUT2D eigenvalue weighted by Gasteiger charge is -2.32. The van der Waals surface area contributed by atoms with Crippen LogP contribution in [0.2, 0.25) is 0 Å². The summed E-state index contributed by atoms with van der Waals surface area (Å²) in [5, 5.41) is 0. The van der Waals surface area contributed by atoms with Crippen LogP contribution in [0.1, 0.15) is 32.3 Å². The zero-order chi connectivity index (χ0) is 14.4. The second kappa shape index (κ2) is 7.34. The molecule has 0 aromatic heterocycles. The molecule has 0 saturated heterocycles. The van der Waals surface area contributed by atoms with Crippen LogP contribution in [0.15, 0.2) is 42.6 Å². The molecule has 0 aliphatic carbocycles. The fourth-order valence-electron chi connectivity index (χ4n) is 2.23. The Morgan fingerprint density at radius 1 is 1.16 bits per heavy atom.